The highest BCUT2D eigenvalue weighted by Crippen LogP contribution is 2.18. The summed E-state index contributed by atoms with van der Waals surface area (Å²) in [6.07, 6.45) is -5.00. The van der Waals surface area contributed by atoms with Crippen LogP contribution in [-0.2, 0) is 6.54 Å². The zero-order valence-corrected chi connectivity index (χ0v) is 9.12. The Morgan fingerprint density at radius 3 is 2.69 bits per heavy atom. The van der Waals surface area contributed by atoms with Gasteiger partial charge in [-0.15, -0.1) is 11.3 Å². The number of rotatable bonds is 5. The number of nitrogens with one attached hydrogen (secondary N) is 1. The summed E-state index contributed by atoms with van der Waals surface area (Å²) in [5, 5.41) is 4.24. The lowest BCUT2D eigenvalue weighted by Gasteiger charge is -2.06. The Morgan fingerprint density at radius 2 is 2.19 bits per heavy atom. The van der Waals surface area contributed by atoms with Gasteiger partial charge >= 0.3 is 6.18 Å². The summed E-state index contributed by atoms with van der Waals surface area (Å²) in [5.41, 5.74) is 5.42. The summed E-state index contributed by atoms with van der Waals surface area (Å²) < 4.78 is 35.4. The number of halogens is 3. The molecule has 1 aromatic heterocycles. The van der Waals surface area contributed by atoms with E-state index >= 15 is 0 Å². The van der Waals surface area contributed by atoms with Gasteiger partial charge in [-0.2, -0.15) is 13.2 Å². The molecule has 3 N–H and O–H groups in total. The third-order valence-electron chi connectivity index (χ3n) is 1.82. The van der Waals surface area contributed by atoms with E-state index in [1.54, 1.807) is 11.4 Å². The Balaban J connectivity index is 2.30. The Bertz CT molecular complexity index is 362. The van der Waals surface area contributed by atoms with Crippen LogP contribution in [0.15, 0.2) is 11.4 Å². The van der Waals surface area contributed by atoms with E-state index in [4.69, 9.17) is 5.73 Å². The Morgan fingerprint density at radius 1 is 1.50 bits per heavy atom. The van der Waals surface area contributed by atoms with E-state index in [1.807, 2.05) is 0 Å². The van der Waals surface area contributed by atoms with Gasteiger partial charge in [0.25, 0.3) is 0 Å². The topological polar surface area (TPSA) is 55.1 Å². The molecule has 0 aliphatic heterocycles. The molecular weight excluding hydrogens is 241 g/mol. The van der Waals surface area contributed by atoms with Crippen LogP contribution >= 0.6 is 11.3 Å². The molecule has 0 fully saturated rings. The van der Waals surface area contributed by atoms with Crippen molar-refractivity contribution in [1.82, 2.24) is 5.32 Å². The van der Waals surface area contributed by atoms with Crippen molar-refractivity contribution in [1.29, 1.82) is 0 Å². The van der Waals surface area contributed by atoms with Gasteiger partial charge in [0.15, 0.2) is 0 Å². The molecule has 1 rings (SSSR count). The monoisotopic (exact) mass is 252 g/mol. The van der Waals surface area contributed by atoms with Crippen LogP contribution in [0.4, 0.5) is 13.2 Å². The summed E-state index contributed by atoms with van der Waals surface area (Å²) >= 11 is 1.29. The van der Waals surface area contributed by atoms with Gasteiger partial charge < -0.3 is 11.1 Å². The number of hydrogen-bond donors (Lipinski definition) is 2. The molecule has 0 radical (unpaired) electrons. The van der Waals surface area contributed by atoms with E-state index in [2.05, 4.69) is 5.32 Å². The molecule has 0 atom stereocenters. The van der Waals surface area contributed by atoms with E-state index in [1.165, 1.54) is 11.3 Å². The number of amides is 1. The van der Waals surface area contributed by atoms with Crippen LogP contribution in [0.3, 0.4) is 0 Å². The van der Waals surface area contributed by atoms with Gasteiger partial charge in [0.2, 0.25) is 5.91 Å². The standard InChI is InChI=1S/C9H11F3N2OS/c10-9(11,12)1-2-14-4-7-3-6(5-16-7)8(13)15/h3,5,14H,1-2,4H2,(H2,13,15). The zero-order valence-electron chi connectivity index (χ0n) is 8.30. The number of carbonyl (C=O) groups is 1. The lowest BCUT2D eigenvalue weighted by atomic mass is 10.3. The maximum absolute atomic E-state index is 11.8. The fourth-order valence-electron chi connectivity index (χ4n) is 1.04. The summed E-state index contributed by atoms with van der Waals surface area (Å²) in [6.45, 7) is 0.182. The second-order valence-corrected chi connectivity index (χ2v) is 4.20. The molecule has 0 bridgehead atoms. The SMILES string of the molecule is NC(=O)c1csc(CNCCC(F)(F)F)c1. The van der Waals surface area contributed by atoms with Crippen molar-refractivity contribution in [2.45, 2.75) is 19.1 Å². The third kappa shape index (κ3) is 4.63. The van der Waals surface area contributed by atoms with Crippen LogP contribution in [0.1, 0.15) is 21.7 Å². The number of alkyl halides is 3. The molecule has 0 unspecified atom stereocenters. The Labute approximate surface area is 94.4 Å². The Hall–Kier alpha value is -1.08. The fourth-order valence-corrected chi connectivity index (χ4v) is 1.89. The number of thiophene rings is 1. The van der Waals surface area contributed by atoms with Crippen molar-refractivity contribution in [3.63, 3.8) is 0 Å². The van der Waals surface area contributed by atoms with Crippen LogP contribution < -0.4 is 11.1 Å². The molecule has 3 nitrogen and oxygen atoms in total. The first-order valence-electron chi connectivity index (χ1n) is 4.53. The molecule has 1 aromatic rings. The van der Waals surface area contributed by atoms with Crippen LogP contribution in [0.2, 0.25) is 0 Å². The normalized spacial score (nSPS) is 11.7. The lowest BCUT2D eigenvalue weighted by molar-refractivity contribution is -0.133. The number of nitrogens with two attached hydrogens (primary N) is 1. The molecule has 7 heteroatoms. The van der Waals surface area contributed by atoms with Crippen molar-refractivity contribution in [3.8, 4) is 0 Å². The van der Waals surface area contributed by atoms with Crippen molar-refractivity contribution in [2.24, 2.45) is 5.73 Å². The first-order chi connectivity index (χ1) is 7.38. The summed E-state index contributed by atoms with van der Waals surface area (Å²) in [4.78, 5) is 11.5. The second-order valence-electron chi connectivity index (χ2n) is 3.21. The maximum atomic E-state index is 11.8. The van der Waals surface area contributed by atoms with Gasteiger partial charge in [-0.25, -0.2) is 0 Å². The minimum atomic E-state index is -4.14. The molecule has 1 heterocycles. The van der Waals surface area contributed by atoms with E-state index in [-0.39, 0.29) is 6.54 Å². The minimum absolute atomic E-state index is 0.132. The highest BCUT2D eigenvalue weighted by Gasteiger charge is 2.25. The first-order valence-corrected chi connectivity index (χ1v) is 5.41. The smallest absolute Gasteiger partial charge is 0.366 e. The van der Waals surface area contributed by atoms with Crippen LogP contribution in [0, 0.1) is 0 Å². The average Bonchev–Trinajstić information content (AvgIpc) is 2.59. The van der Waals surface area contributed by atoms with Gasteiger partial charge in [-0.1, -0.05) is 0 Å². The maximum Gasteiger partial charge on any atom is 0.390 e. The van der Waals surface area contributed by atoms with Crippen LogP contribution in [0.25, 0.3) is 0 Å². The van der Waals surface area contributed by atoms with Gasteiger partial charge in [-0.3, -0.25) is 4.79 Å². The molecule has 16 heavy (non-hydrogen) atoms. The van der Waals surface area contributed by atoms with Crippen molar-refractivity contribution < 1.29 is 18.0 Å². The van der Waals surface area contributed by atoms with E-state index in [0.29, 0.717) is 12.1 Å². The second kappa shape index (κ2) is 5.31. The number of primary amides is 1. The largest absolute Gasteiger partial charge is 0.390 e. The quantitative estimate of drug-likeness (QED) is 0.786. The van der Waals surface area contributed by atoms with E-state index in [0.717, 1.165) is 4.88 Å². The van der Waals surface area contributed by atoms with Gasteiger partial charge in [-0.05, 0) is 6.07 Å². The molecule has 0 aliphatic rings. The number of carbonyl (C=O) groups excluding carboxylic acids is 1. The highest BCUT2D eigenvalue weighted by atomic mass is 32.1. The fraction of sp³-hybridized carbons (Fsp3) is 0.444. The molecular formula is C9H11F3N2OS. The average molecular weight is 252 g/mol. The van der Waals surface area contributed by atoms with Gasteiger partial charge in [0.1, 0.15) is 0 Å². The van der Waals surface area contributed by atoms with E-state index < -0.39 is 18.5 Å². The Kier molecular flexibility index (Phi) is 4.31. The molecule has 0 spiro atoms. The molecule has 0 saturated carbocycles. The van der Waals surface area contributed by atoms with Crippen LogP contribution in [0.5, 0.6) is 0 Å². The summed E-state index contributed by atoms with van der Waals surface area (Å²) in [6, 6.07) is 1.58. The molecule has 0 aromatic carbocycles. The zero-order chi connectivity index (χ0) is 12.2. The van der Waals surface area contributed by atoms with Crippen molar-refractivity contribution in [2.75, 3.05) is 6.54 Å². The van der Waals surface area contributed by atoms with E-state index in [9.17, 15) is 18.0 Å². The predicted molar refractivity (Wildman–Crippen MR) is 55.2 cm³/mol. The summed E-state index contributed by atoms with van der Waals surface area (Å²) in [5.74, 6) is -0.530. The lowest BCUT2D eigenvalue weighted by Crippen LogP contribution is -2.20. The number of hydrogen-bond acceptors (Lipinski definition) is 3. The molecule has 0 aliphatic carbocycles. The van der Waals surface area contributed by atoms with Gasteiger partial charge in [0.05, 0.1) is 12.0 Å². The first kappa shape index (κ1) is 13.0. The van der Waals surface area contributed by atoms with Gasteiger partial charge in [0, 0.05) is 23.3 Å². The van der Waals surface area contributed by atoms with Crippen molar-refractivity contribution in [3.05, 3.63) is 21.9 Å². The highest BCUT2D eigenvalue weighted by molar-refractivity contribution is 7.10. The molecule has 0 saturated heterocycles. The molecule has 1 amide bonds. The van der Waals surface area contributed by atoms with Crippen LogP contribution in [-0.4, -0.2) is 18.6 Å². The minimum Gasteiger partial charge on any atom is -0.366 e. The molecule has 90 valence electrons. The third-order valence-corrected chi connectivity index (χ3v) is 2.76. The summed E-state index contributed by atoms with van der Waals surface area (Å²) in [7, 11) is 0. The van der Waals surface area contributed by atoms with Crippen molar-refractivity contribution >= 4 is 17.2 Å². The predicted octanol–water partition coefficient (Wildman–Crippen LogP) is 1.89.